The van der Waals surface area contributed by atoms with Crippen molar-refractivity contribution in [1.82, 2.24) is 9.97 Å². The van der Waals surface area contributed by atoms with Crippen molar-refractivity contribution in [1.29, 1.82) is 5.26 Å². The highest BCUT2D eigenvalue weighted by molar-refractivity contribution is 5.80. The lowest BCUT2D eigenvalue weighted by molar-refractivity contribution is 0.394. The van der Waals surface area contributed by atoms with Crippen LogP contribution in [0, 0.1) is 11.3 Å². The Labute approximate surface area is 180 Å². The summed E-state index contributed by atoms with van der Waals surface area (Å²) in [7, 11) is 3.17. The SMILES string of the molecule is COc1cc(OC)cc(-c2nc(Nc3ccccc3)nc(-c3ccccc3)c2C#N)c1. The van der Waals surface area contributed by atoms with Crippen molar-refractivity contribution in [3.63, 3.8) is 0 Å². The van der Waals surface area contributed by atoms with E-state index < -0.39 is 0 Å². The first-order chi connectivity index (χ1) is 15.2. The lowest BCUT2D eigenvalue weighted by atomic mass is 10.0. The standard InChI is InChI=1S/C25H20N4O2/c1-30-20-13-18(14-21(15-20)31-2)24-22(16-26)23(17-9-5-3-6-10-17)28-25(29-24)27-19-11-7-4-8-12-19/h3-15H,1-2H3,(H,27,28,29). The third-order valence-electron chi connectivity index (χ3n) is 4.72. The van der Waals surface area contributed by atoms with Crippen LogP contribution in [0.15, 0.2) is 78.9 Å². The van der Waals surface area contributed by atoms with Crippen LogP contribution in [0.25, 0.3) is 22.5 Å². The highest BCUT2D eigenvalue weighted by Gasteiger charge is 2.19. The molecule has 0 spiro atoms. The van der Waals surface area contributed by atoms with Crippen molar-refractivity contribution in [2.24, 2.45) is 0 Å². The zero-order valence-corrected chi connectivity index (χ0v) is 17.2. The number of hydrogen-bond donors (Lipinski definition) is 1. The first-order valence-electron chi connectivity index (χ1n) is 9.65. The first-order valence-corrected chi connectivity index (χ1v) is 9.65. The molecule has 0 bridgehead atoms. The molecule has 1 heterocycles. The summed E-state index contributed by atoms with van der Waals surface area (Å²) >= 11 is 0. The molecule has 0 atom stereocenters. The maximum Gasteiger partial charge on any atom is 0.228 e. The maximum absolute atomic E-state index is 10.0. The number of nitrogens with zero attached hydrogens (tertiary/aromatic N) is 3. The minimum atomic E-state index is 0.375. The minimum Gasteiger partial charge on any atom is -0.497 e. The van der Waals surface area contributed by atoms with E-state index in [4.69, 9.17) is 14.5 Å². The second kappa shape index (κ2) is 8.97. The molecule has 152 valence electrons. The number of hydrogen-bond acceptors (Lipinski definition) is 6. The second-order valence-electron chi connectivity index (χ2n) is 6.69. The number of nitriles is 1. The summed E-state index contributed by atoms with van der Waals surface area (Å²) in [6, 6.07) is 27.0. The molecule has 31 heavy (non-hydrogen) atoms. The summed E-state index contributed by atoms with van der Waals surface area (Å²) in [5.74, 6) is 1.60. The molecular weight excluding hydrogens is 388 g/mol. The summed E-state index contributed by atoms with van der Waals surface area (Å²) in [4.78, 5) is 9.36. The Morgan fingerprint density at radius 3 is 1.84 bits per heavy atom. The van der Waals surface area contributed by atoms with Gasteiger partial charge >= 0.3 is 0 Å². The fourth-order valence-corrected chi connectivity index (χ4v) is 3.23. The number of benzene rings is 3. The highest BCUT2D eigenvalue weighted by Crippen LogP contribution is 2.35. The predicted octanol–water partition coefficient (Wildman–Crippen LogP) is 5.44. The predicted molar refractivity (Wildman–Crippen MR) is 120 cm³/mol. The van der Waals surface area contributed by atoms with E-state index in [-0.39, 0.29) is 0 Å². The van der Waals surface area contributed by atoms with E-state index in [0.717, 1.165) is 11.3 Å². The molecule has 0 saturated carbocycles. The van der Waals surface area contributed by atoms with Gasteiger partial charge in [0.05, 0.1) is 25.6 Å². The van der Waals surface area contributed by atoms with E-state index >= 15 is 0 Å². The van der Waals surface area contributed by atoms with Gasteiger partial charge in [0.1, 0.15) is 23.1 Å². The third kappa shape index (κ3) is 4.31. The molecule has 1 aromatic heterocycles. The van der Waals surface area contributed by atoms with Crippen LogP contribution in [0.3, 0.4) is 0 Å². The molecule has 0 saturated heterocycles. The summed E-state index contributed by atoms with van der Waals surface area (Å²) in [5.41, 5.74) is 3.79. The van der Waals surface area contributed by atoms with Crippen molar-refractivity contribution in [2.45, 2.75) is 0 Å². The van der Waals surface area contributed by atoms with Crippen molar-refractivity contribution in [3.8, 4) is 40.1 Å². The Hall–Kier alpha value is -4.37. The number of aromatic nitrogens is 2. The van der Waals surface area contributed by atoms with Crippen LogP contribution in [0.5, 0.6) is 11.5 Å². The Balaban J connectivity index is 1.95. The summed E-state index contributed by atoms with van der Waals surface area (Å²) in [5, 5.41) is 13.3. The number of para-hydroxylation sites is 1. The van der Waals surface area contributed by atoms with Gasteiger partial charge in [0.2, 0.25) is 5.95 Å². The third-order valence-corrected chi connectivity index (χ3v) is 4.72. The van der Waals surface area contributed by atoms with Crippen LogP contribution in [0.2, 0.25) is 0 Å². The van der Waals surface area contributed by atoms with Gasteiger partial charge < -0.3 is 14.8 Å². The molecule has 4 rings (SSSR count). The van der Waals surface area contributed by atoms with Crippen LogP contribution < -0.4 is 14.8 Å². The van der Waals surface area contributed by atoms with Crippen LogP contribution >= 0.6 is 0 Å². The monoisotopic (exact) mass is 408 g/mol. The van der Waals surface area contributed by atoms with E-state index in [0.29, 0.717) is 40.0 Å². The van der Waals surface area contributed by atoms with Gasteiger partial charge in [-0.1, -0.05) is 48.5 Å². The van der Waals surface area contributed by atoms with Gasteiger partial charge in [-0.05, 0) is 24.3 Å². The molecule has 0 radical (unpaired) electrons. The lowest BCUT2D eigenvalue weighted by Gasteiger charge is -2.14. The van der Waals surface area contributed by atoms with Crippen LogP contribution in [-0.4, -0.2) is 24.2 Å². The van der Waals surface area contributed by atoms with Crippen molar-refractivity contribution in [3.05, 3.63) is 84.4 Å². The summed E-state index contributed by atoms with van der Waals surface area (Å²) in [6.45, 7) is 0. The van der Waals surface area contributed by atoms with Crippen molar-refractivity contribution in [2.75, 3.05) is 19.5 Å². The molecule has 0 aliphatic carbocycles. The van der Waals surface area contributed by atoms with Crippen molar-refractivity contribution < 1.29 is 9.47 Å². The maximum atomic E-state index is 10.0. The Morgan fingerprint density at radius 1 is 0.742 bits per heavy atom. The van der Waals surface area contributed by atoms with Gasteiger partial charge in [0, 0.05) is 22.9 Å². The molecule has 0 fully saturated rings. The van der Waals surface area contributed by atoms with Gasteiger partial charge in [-0.15, -0.1) is 0 Å². The largest absolute Gasteiger partial charge is 0.497 e. The van der Waals surface area contributed by atoms with Gasteiger partial charge in [0.25, 0.3) is 0 Å². The molecule has 0 aliphatic heterocycles. The molecule has 6 nitrogen and oxygen atoms in total. The van der Waals surface area contributed by atoms with Crippen LogP contribution in [-0.2, 0) is 0 Å². The topological polar surface area (TPSA) is 80.1 Å². The normalized spacial score (nSPS) is 10.2. The van der Waals surface area contributed by atoms with Gasteiger partial charge in [-0.2, -0.15) is 5.26 Å². The number of rotatable bonds is 6. The Bertz CT molecular complexity index is 1210. The van der Waals surface area contributed by atoms with E-state index in [2.05, 4.69) is 16.4 Å². The summed E-state index contributed by atoms with van der Waals surface area (Å²) < 4.78 is 10.8. The van der Waals surface area contributed by atoms with E-state index in [1.807, 2.05) is 72.8 Å². The number of nitrogens with one attached hydrogen (secondary N) is 1. The number of methoxy groups -OCH3 is 2. The zero-order chi connectivity index (χ0) is 21.6. The second-order valence-corrected chi connectivity index (χ2v) is 6.69. The Kier molecular flexibility index (Phi) is 5.77. The fourth-order valence-electron chi connectivity index (χ4n) is 3.23. The smallest absolute Gasteiger partial charge is 0.228 e. The Morgan fingerprint density at radius 2 is 1.29 bits per heavy atom. The lowest BCUT2D eigenvalue weighted by Crippen LogP contribution is -2.04. The van der Waals surface area contributed by atoms with Gasteiger partial charge in [0.15, 0.2) is 0 Å². The van der Waals surface area contributed by atoms with Crippen LogP contribution in [0.4, 0.5) is 11.6 Å². The molecule has 3 aromatic carbocycles. The van der Waals surface area contributed by atoms with E-state index in [1.165, 1.54) is 0 Å². The molecule has 0 aliphatic rings. The first kappa shape index (κ1) is 19.9. The fraction of sp³-hybridized carbons (Fsp3) is 0.0800. The highest BCUT2D eigenvalue weighted by atomic mass is 16.5. The zero-order valence-electron chi connectivity index (χ0n) is 17.2. The average Bonchev–Trinajstić information content (AvgIpc) is 2.84. The average molecular weight is 408 g/mol. The minimum absolute atomic E-state index is 0.375. The number of ether oxygens (including phenoxy) is 2. The van der Waals surface area contributed by atoms with Crippen molar-refractivity contribution >= 4 is 11.6 Å². The quantitative estimate of drug-likeness (QED) is 0.457. The van der Waals surface area contributed by atoms with E-state index in [1.54, 1.807) is 20.3 Å². The summed E-state index contributed by atoms with van der Waals surface area (Å²) in [6.07, 6.45) is 0. The van der Waals surface area contributed by atoms with Gasteiger partial charge in [-0.3, -0.25) is 0 Å². The molecular formula is C25H20N4O2. The molecule has 4 aromatic rings. The van der Waals surface area contributed by atoms with E-state index in [9.17, 15) is 5.26 Å². The number of anilines is 2. The molecule has 0 unspecified atom stereocenters. The molecule has 0 amide bonds. The van der Waals surface area contributed by atoms with Crippen LogP contribution in [0.1, 0.15) is 5.56 Å². The molecule has 1 N–H and O–H groups in total. The molecule has 6 heteroatoms. The van der Waals surface area contributed by atoms with Gasteiger partial charge in [-0.25, -0.2) is 9.97 Å².